The summed E-state index contributed by atoms with van der Waals surface area (Å²) in [6.07, 6.45) is -3.07. The van der Waals surface area contributed by atoms with Gasteiger partial charge in [-0.15, -0.1) is 13.2 Å². The van der Waals surface area contributed by atoms with Gasteiger partial charge in [-0.3, -0.25) is 14.2 Å². The molecule has 1 saturated heterocycles. The highest BCUT2D eigenvalue weighted by Crippen LogP contribution is 2.31. The Morgan fingerprint density at radius 1 is 1.31 bits per heavy atom. The summed E-state index contributed by atoms with van der Waals surface area (Å²) >= 11 is 0. The molecule has 1 fully saturated rings. The van der Waals surface area contributed by atoms with Gasteiger partial charge in [-0.25, -0.2) is 4.68 Å². The molecule has 1 aliphatic rings. The summed E-state index contributed by atoms with van der Waals surface area (Å²) in [4.78, 5) is 12.8. The van der Waals surface area contributed by atoms with Crippen molar-refractivity contribution in [3.8, 4) is 0 Å². The predicted octanol–water partition coefficient (Wildman–Crippen LogP) is 3.51. The van der Waals surface area contributed by atoms with Gasteiger partial charge in [0.15, 0.2) is 0 Å². The van der Waals surface area contributed by atoms with E-state index in [1.165, 1.54) is 17.8 Å². The molecule has 1 atom stereocenters. The Balaban J connectivity index is 1.80. The minimum Gasteiger partial charge on any atom is -0.372 e. The lowest BCUT2D eigenvalue weighted by atomic mass is 10.1. The van der Waals surface area contributed by atoms with Crippen molar-refractivity contribution in [3.63, 3.8) is 0 Å². The fourth-order valence-corrected chi connectivity index (χ4v) is 3.11. The number of halogens is 3. The Kier molecular flexibility index (Phi) is 5.72. The first-order valence-corrected chi connectivity index (χ1v) is 9.21. The molecular formula is C18H24F3N5O3. The second-order valence-corrected chi connectivity index (χ2v) is 7.87. The molecule has 0 radical (unpaired) electrons. The maximum absolute atomic E-state index is 12.8. The van der Waals surface area contributed by atoms with Crippen molar-refractivity contribution in [1.82, 2.24) is 19.6 Å². The van der Waals surface area contributed by atoms with Crippen LogP contribution in [0.5, 0.6) is 0 Å². The minimum absolute atomic E-state index is 0.000603. The molecule has 1 N–H and O–H groups in total. The van der Waals surface area contributed by atoms with Crippen LogP contribution in [0.2, 0.25) is 0 Å². The zero-order valence-corrected chi connectivity index (χ0v) is 16.7. The van der Waals surface area contributed by atoms with E-state index in [-0.39, 0.29) is 17.5 Å². The Hall–Kier alpha value is -2.40. The lowest BCUT2D eigenvalue weighted by Gasteiger charge is -2.22. The van der Waals surface area contributed by atoms with E-state index in [9.17, 15) is 18.0 Å². The molecule has 3 heterocycles. The molecule has 2 aromatic heterocycles. The SMILES string of the molecule is Cn1nc(COC(F)(F)F)cc1C(=O)Nc1cc([C@H]2CCCO2)nn1C(C)(C)C. The summed E-state index contributed by atoms with van der Waals surface area (Å²) in [5, 5.41) is 11.3. The Morgan fingerprint density at radius 2 is 2.03 bits per heavy atom. The van der Waals surface area contributed by atoms with Crippen LogP contribution in [-0.2, 0) is 28.7 Å². The van der Waals surface area contributed by atoms with Crippen LogP contribution < -0.4 is 5.32 Å². The van der Waals surface area contributed by atoms with E-state index in [2.05, 4.69) is 20.3 Å². The lowest BCUT2D eigenvalue weighted by molar-refractivity contribution is -0.330. The van der Waals surface area contributed by atoms with Crippen molar-refractivity contribution >= 4 is 11.7 Å². The van der Waals surface area contributed by atoms with Gasteiger partial charge in [-0.1, -0.05) is 0 Å². The number of anilines is 1. The topological polar surface area (TPSA) is 83.2 Å². The molecule has 160 valence electrons. The van der Waals surface area contributed by atoms with Crippen molar-refractivity contribution in [1.29, 1.82) is 0 Å². The van der Waals surface area contributed by atoms with Crippen molar-refractivity contribution in [2.75, 3.05) is 11.9 Å². The van der Waals surface area contributed by atoms with Gasteiger partial charge in [0, 0.05) is 19.7 Å². The fourth-order valence-electron chi connectivity index (χ4n) is 3.11. The third-order valence-corrected chi connectivity index (χ3v) is 4.41. The number of hydrogen-bond donors (Lipinski definition) is 1. The summed E-state index contributed by atoms with van der Waals surface area (Å²) in [6.45, 7) is 5.75. The van der Waals surface area contributed by atoms with Crippen LogP contribution in [0.25, 0.3) is 0 Å². The maximum atomic E-state index is 12.8. The number of alkyl halides is 3. The van der Waals surface area contributed by atoms with E-state index in [0.717, 1.165) is 18.5 Å². The molecule has 0 aromatic carbocycles. The van der Waals surface area contributed by atoms with Crippen LogP contribution >= 0.6 is 0 Å². The standard InChI is InChI=1S/C18H24F3N5O3/c1-17(2,3)26-15(9-12(24-26)14-6-5-7-28-14)22-16(27)13-8-11(23-25(13)4)10-29-18(19,20)21/h8-9,14H,5-7,10H2,1-4H3,(H,22,27)/t14-/m1/s1. The first-order valence-electron chi connectivity index (χ1n) is 9.21. The molecule has 11 heteroatoms. The van der Waals surface area contributed by atoms with Crippen molar-refractivity contribution in [2.24, 2.45) is 7.05 Å². The zero-order valence-electron chi connectivity index (χ0n) is 16.7. The van der Waals surface area contributed by atoms with Gasteiger partial charge < -0.3 is 10.1 Å². The molecule has 2 aromatic rings. The largest absolute Gasteiger partial charge is 0.522 e. The number of ether oxygens (including phenoxy) is 2. The highest BCUT2D eigenvalue weighted by molar-refractivity contribution is 6.02. The van der Waals surface area contributed by atoms with Crippen molar-refractivity contribution < 1.29 is 27.4 Å². The van der Waals surface area contributed by atoms with E-state index < -0.39 is 24.4 Å². The average molecular weight is 415 g/mol. The Morgan fingerprint density at radius 3 is 2.62 bits per heavy atom. The van der Waals surface area contributed by atoms with Crippen LogP contribution in [0.3, 0.4) is 0 Å². The fraction of sp³-hybridized carbons (Fsp3) is 0.611. The van der Waals surface area contributed by atoms with Crippen LogP contribution in [-0.4, -0.2) is 38.4 Å². The van der Waals surface area contributed by atoms with Gasteiger partial charge >= 0.3 is 6.36 Å². The second-order valence-electron chi connectivity index (χ2n) is 7.87. The van der Waals surface area contributed by atoms with Crippen LogP contribution in [0.15, 0.2) is 12.1 Å². The van der Waals surface area contributed by atoms with Gasteiger partial charge in [0.25, 0.3) is 5.91 Å². The van der Waals surface area contributed by atoms with Crippen LogP contribution in [0, 0.1) is 0 Å². The van der Waals surface area contributed by atoms with Crippen LogP contribution in [0.1, 0.15) is 61.6 Å². The third-order valence-electron chi connectivity index (χ3n) is 4.41. The second kappa shape index (κ2) is 7.79. The summed E-state index contributed by atoms with van der Waals surface area (Å²) in [6, 6.07) is 3.03. The summed E-state index contributed by atoms with van der Waals surface area (Å²) < 4.78 is 49.0. The van der Waals surface area contributed by atoms with E-state index in [0.29, 0.717) is 12.4 Å². The van der Waals surface area contributed by atoms with Gasteiger partial charge in [-0.2, -0.15) is 10.2 Å². The van der Waals surface area contributed by atoms with Crippen molar-refractivity contribution in [2.45, 2.75) is 58.2 Å². The molecule has 0 spiro atoms. The quantitative estimate of drug-likeness (QED) is 0.808. The number of carbonyl (C=O) groups is 1. The summed E-state index contributed by atoms with van der Waals surface area (Å²) in [5.41, 5.74) is 0.430. The molecule has 0 saturated carbocycles. The molecule has 1 amide bonds. The number of hydrogen-bond acceptors (Lipinski definition) is 5. The number of rotatable bonds is 5. The molecule has 29 heavy (non-hydrogen) atoms. The minimum atomic E-state index is -4.77. The first kappa shape index (κ1) is 21.3. The van der Waals surface area contributed by atoms with E-state index in [1.807, 2.05) is 20.8 Å². The van der Waals surface area contributed by atoms with Crippen molar-refractivity contribution in [3.05, 3.63) is 29.2 Å². The van der Waals surface area contributed by atoms with E-state index >= 15 is 0 Å². The number of carbonyl (C=O) groups excluding carboxylic acids is 1. The molecule has 0 unspecified atom stereocenters. The summed E-state index contributed by atoms with van der Waals surface area (Å²) in [5.74, 6) is -0.0372. The smallest absolute Gasteiger partial charge is 0.372 e. The predicted molar refractivity (Wildman–Crippen MR) is 97.2 cm³/mol. The normalized spacial score (nSPS) is 17.7. The highest BCUT2D eigenvalue weighted by atomic mass is 19.4. The third kappa shape index (κ3) is 5.15. The monoisotopic (exact) mass is 415 g/mol. The number of nitrogens with zero attached hydrogens (tertiary/aromatic N) is 4. The van der Waals surface area contributed by atoms with Crippen LogP contribution in [0.4, 0.5) is 19.0 Å². The average Bonchev–Trinajstić information content (AvgIpc) is 3.30. The molecule has 0 bridgehead atoms. The number of nitrogens with one attached hydrogen (secondary N) is 1. The zero-order chi connectivity index (χ0) is 21.4. The highest BCUT2D eigenvalue weighted by Gasteiger charge is 2.30. The number of amides is 1. The van der Waals surface area contributed by atoms with Gasteiger partial charge in [-0.05, 0) is 39.7 Å². The van der Waals surface area contributed by atoms with Gasteiger partial charge in [0.2, 0.25) is 0 Å². The van der Waals surface area contributed by atoms with Gasteiger partial charge in [0.05, 0.1) is 16.9 Å². The summed E-state index contributed by atoms with van der Waals surface area (Å²) in [7, 11) is 1.48. The molecular weight excluding hydrogens is 391 g/mol. The van der Waals surface area contributed by atoms with E-state index in [1.54, 1.807) is 10.7 Å². The van der Waals surface area contributed by atoms with E-state index in [4.69, 9.17) is 4.74 Å². The number of aromatic nitrogens is 4. The molecule has 3 rings (SSSR count). The molecule has 8 nitrogen and oxygen atoms in total. The number of aryl methyl sites for hydroxylation is 1. The first-order chi connectivity index (χ1) is 13.4. The van der Waals surface area contributed by atoms with Gasteiger partial charge in [0.1, 0.15) is 24.2 Å². The Bertz CT molecular complexity index is 876. The molecule has 1 aliphatic heterocycles. The molecule has 0 aliphatic carbocycles. The lowest BCUT2D eigenvalue weighted by Crippen LogP contribution is -2.27. The maximum Gasteiger partial charge on any atom is 0.522 e. The Labute approximate surface area is 166 Å².